The smallest absolute Gasteiger partial charge is 0.137 e. The van der Waals surface area contributed by atoms with Gasteiger partial charge in [-0.25, -0.2) is 4.39 Å². The van der Waals surface area contributed by atoms with Crippen molar-refractivity contribution >= 4 is 15.9 Å². The van der Waals surface area contributed by atoms with Gasteiger partial charge in [0.15, 0.2) is 0 Å². The summed E-state index contributed by atoms with van der Waals surface area (Å²) >= 11 is 3.22. The molecule has 2 nitrogen and oxygen atoms in total. The number of hydrogen-bond acceptors (Lipinski definition) is 2. The Hall–Kier alpha value is -0.450. The van der Waals surface area contributed by atoms with E-state index in [1.807, 2.05) is 6.07 Å². The fourth-order valence-electron chi connectivity index (χ4n) is 1.87. The van der Waals surface area contributed by atoms with Crippen LogP contribution in [0.15, 0.2) is 22.7 Å². The molecular formula is C12H15BrFNO. The van der Waals surface area contributed by atoms with Crippen LogP contribution in [0.2, 0.25) is 0 Å². The van der Waals surface area contributed by atoms with E-state index in [0.29, 0.717) is 23.1 Å². The van der Waals surface area contributed by atoms with E-state index in [9.17, 15) is 4.39 Å². The number of halogens is 2. The minimum atomic E-state index is -0.241. The molecule has 1 aromatic carbocycles. The van der Waals surface area contributed by atoms with Gasteiger partial charge in [-0.15, -0.1) is 0 Å². The van der Waals surface area contributed by atoms with Crippen LogP contribution in [0, 0.1) is 11.7 Å². The van der Waals surface area contributed by atoms with E-state index >= 15 is 0 Å². The molecule has 0 aliphatic heterocycles. The lowest BCUT2D eigenvalue weighted by molar-refractivity contribution is -0.0378. The molecule has 1 saturated carbocycles. The molecule has 1 aliphatic rings. The molecule has 0 atom stereocenters. The molecule has 0 unspecified atom stereocenters. The van der Waals surface area contributed by atoms with Crippen LogP contribution >= 0.6 is 15.9 Å². The lowest BCUT2D eigenvalue weighted by Gasteiger charge is -2.34. The van der Waals surface area contributed by atoms with Gasteiger partial charge in [-0.2, -0.15) is 0 Å². The second-order valence-electron chi connectivity index (χ2n) is 4.22. The average molecular weight is 288 g/mol. The Morgan fingerprint density at radius 2 is 2.19 bits per heavy atom. The second kappa shape index (κ2) is 5.25. The van der Waals surface area contributed by atoms with Gasteiger partial charge < -0.3 is 10.5 Å². The van der Waals surface area contributed by atoms with Crippen molar-refractivity contribution in [3.05, 3.63) is 34.1 Å². The molecule has 1 aliphatic carbocycles. The Morgan fingerprint density at radius 1 is 1.44 bits per heavy atom. The molecule has 1 fully saturated rings. The first-order chi connectivity index (χ1) is 7.70. The highest BCUT2D eigenvalue weighted by Gasteiger charge is 2.28. The van der Waals surface area contributed by atoms with Crippen molar-refractivity contribution in [1.29, 1.82) is 0 Å². The lowest BCUT2D eigenvalue weighted by Crippen LogP contribution is -2.35. The topological polar surface area (TPSA) is 35.2 Å². The number of hydrogen-bond donors (Lipinski definition) is 1. The summed E-state index contributed by atoms with van der Waals surface area (Å²) in [5.74, 6) is 0.371. The Bertz CT molecular complexity index is 366. The highest BCUT2D eigenvalue weighted by atomic mass is 79.9. The molecule has 2 N–H and O–H groups in total. The van der Waals surface area contributed by atoms with Crippen molar-refractivity contribution in [1.82, 2.24) is 0 Å². The third-order valence-electron chi connectivity index (χ3n) is 3.03. The normalized spacial score (nSPS) is 24.2. The summed E-state index contributed by atoms with van der Waals surface area (Å²) in [5, 5.41) is 0. The van der Waals surface area contributed by atoms with E-state index in [4.69, 9.17) is 10.5 Å². The molecule has 0 aromatic heterocycles. The summed E-state index contributed by atoms with van der Waals surface area (Å²) in [4.78, 5) is 0. The highest BCUT2D eigenvalue weighted by Crippen LogP contribution is 2.30. The van der Waals surface area contributed by atoms with Crippen molar-refractivity contribution < 1.29 is 9.13 Å². The van der Waals surface area contributed by atoms with Crippen LogP contribution in [-0.4, -0.2) is 12.6 Å². The van der Waals surface area contributed by atoms with Gasteiger partial charge in [0.25, 0.3) is 0 Å². The summed E-state index contributed by atoms with van der Waals surface area (Å²) in [6.07, 6.45) is 2.36. The van der Waals surface area contributed by atoms with Crippen LogP contribution < -0.4 is 5.73 Å². The monoisotopic (exact) mass is 287 g/mol. The van der Waals surface area contributed by atoms with Gasteiger partial charge in [0, 0.05) is 0 Å². The molecule has 88 valence electrons. The number of nitrogens with two attached hydrogens (primary N) is 1. The lowest BCUT2D eigenvalue weighted by atomic mass is 9.82. The van der Waals surface area contributed by atoms with E-state index < -0.39 is 0 Å². The summed E-state index contributed by atoms with van der Waals surface area (Å²) in [6.45, 7) is 1.20. The SMILES string of the molecule is NCC1CC(OCc2cccc(F)c2Br)C1. The van der Waals surface area contributed by atoms with Crippen molar-refractivity contribution in [2.24, 2.45) is 11.7 Å². The molecule has 4 heteroatoms. The number of benzene rings is 1. The molecule has 0 spiro atoms. The van der Waals surface area contributed by atoms with Crippen LogP contribution in [0.5, 0.6) is 0 Å². The van der Waals surface area contributed by atoms with Crippen LogP contribution in [-0.2, 0) is 11.3 Å². The van der Waals surface area contributed by atoms with Crippen LogP contribution in [0.25, 0.3) is 0 Å². The largest absolute Gasteiger partial charge is 0.373 e. The maximum atomic E-state index is 13.2. The molecule has 0 radical (unpaired) electrons. The van der Waals surface area contributed by atoms with Gasteiger partial charge in [-0.1, -0.05) is 12.1 Å². The zero-order chi connectivity index (χ0) is 11.5. The molecule has 0 bridgehead atoms. The predicted octanol–water partition coefficient (Wildman–Crippen LogP) is 2.84. The number of rotatable bonds is 4. The molecule has 0 heterocycles. The van der Waals surface area contributed by atoms with Gasteiger partial charge in [0.1, 0.15) is 5.82 Å². The molecule has 0 amide bonds. The van der Waals surface area contributed by atoms with Gasteiger partial charge in [0.05, 0.1) is 17.2 Å². The van der Waals surface area contributed by atoms with Crippen LogP contribution in [0.1, 0.15) is 18.4 Å². The van der Waals surface area contributed by atoms with E-state index in [1.165, 1.54) is 6.07 Å². The van der Waals surface area contributed by atoms with E-state index in [1.54, 1.807) is 6.07 Å². The van der Waals surface area contributed by atoms with Crippen LogP contribution in [0.4, 0.5) is 4.39 Å². The fraction of sp³-hybridized carbons (Fsp3) is 0.500. The van der Waals surface area contributed by atoms with Crippen molar-refractivity contribution in [2.45, 2.75) is 25.6 Å². The van der Waals surface area contributed by atoms with Gasteiger partial charge in [-0.3, -0.25) is 0 Å². The third kappa shape index (κ3) is 2.62. The average Bonchev–Trinajstić information content (AvgIpc) is 2.22. The fourth-order valence-corrected chi connectivity index (χ4v) is 2.25. The summed E-state index contributed by atoms with van der Waals surface area (Å²) < 4.78 is 19.4. The Balaban J connectivity index is 1.84. The standard InChI is InChI=1S/C12H15BrFNO/c13-12-9(2-1-3-11(12)14)7-16-10-4-8(5-10)6-15/h1-3,8,10H,4-7,15H2. The zero-order valence-electron chi connectivity index (χ0n) is 8.96. The van der Waals surface area contributed by atoms with Crippen molar-refractivity contribution in [3.8, 4) is 0 Å². The highest BCUT2D eigenvalue weighted by molar-refractivity contribution is 9.10. The minimum absolute atomic E-state index is 0.241. The van der Waals surface area contributed by atoms with E-state index in [0.717, 1.165) is 24.9 Å². The van der Waals surface area contributed by atoms with Gasteiger partial charge >= 0.3 is 0 Å². The van der Waals surface area contributed by atoms with Crippen LogP contribution in [0.3, 0.4) is 0 Å². The Labute approximate surface area is 103 Å². The molecule has 0 saturated heterocycles. The van der Waals surface area contributed by atoms with Gasteiger partial charge in [0.2, 0.25) is 0 Å². The molecular weight excluding hydrogens is 273 g/mol. The van der Waals surface area contributed by atoms with Gasteiger partial charge in [-0.05, 0) is 52.9 Å². The molecule has 2 rings (SSSR count). The molecule has 1 aromatic rings. The Kier molecular flexibility index (Phi) is 3.95. The Morgan fingerprint density at radius 3 is 2.88 bits per heavy atom. The van der Waals surface area contributed by atoms with Crippen molar-refractivity contribution in [3.63, 3.8) is 0 Å². The summed E-state index contributed by atoms with van der Waals surface area (Å²) in [5.41, 5.74) is 6.39. The molecule has 16 heavy (non-hydrogen) atoms. The first-order valence-corrected chi connectivity index (χ1v) is 6.24. The second-order valence-corrected chi connectivity index (χ2v) is 5.01. The maximum Gasteiger partial charge on any atom is 0.137 e. The summed E-state index contributed by atoms with van der Waals surface area (Å²) in [6, 6.07) is 5.00. The van der Waals surface area contributed by atoms with E-state index in [-0.39, 0.29) is 5.82 Å². The first kappa shape index (κ1) is 12.0. The minimum Gasteiger partial charge on any atom is -0.373 e. The summed E-state index contributed by atoms with van der Waals surface area (Å²) in [7, 11) is 0. The van der Waals surface area contributed by atoms with E-state index in [2.05, 4.69) is 15.9 Å². The first-order valence-electron chi connectivity index (χ1n) is 5.45. The van der Waals surface area contributed by atoms with Crippen molar-refractivity contribution in [2.75, 3.05) is 6.54 Å². The quantitative estimate of drug-likeness (QED) is 0.924. The zero-order valence-corrected chi connectivity index (χ0v) is 10.5. The maximum absolute atomic E-state index is 13.2. The third-order valence-corrected chi connectivity index (χ3v) is 3.92. The predicted molar refractivity (Wildman–Crippen MR) is 64.5 cm³/mol. The number of ether oxygens (including phenoxy) is 1.